The molecule has 0 aliphatic carbocycles. The highest BCUT2D eigenvalue weighted by atomic mass is 28.4. The van der Waals surface area contributed by atoms with Crippen molar-refractivity contribution < 1.29 is 31.9 Å². The van der Waals surface area contributed by atoms with E-state index in [1.165, 1.54) is 21.9 Å². The Labute approximate surface area is 206 Å². The van der Waals surface area contributed by atoms with Crippen LogP contribution in [0.15, 0.2) is 24.3 Å². The van der Waals surface area contributed by atoms with E-state index in [0.717, 1.165) is 12.1 Å². The number of carbonyl (C=O) groups excluding carboxylic acids is 2. The third-order valence-electron chi connectivity index (χ3n) is 7.26. The zero-order chi connectivity index (χ0) is 26.6. The fourth-order valence-electron chi connectivity index (χ4n) is 4.30. The van der Waals surface area contributed by atoms with E-state index in [1.54, 1.807) is 20.8 Å². The van der Waals surface area contributed by atoms with Crippen molar-refractivity contribution in [3.8, 4) is 0 Å². The van der Waals surface area contributed by atoms with E-state index in [2.05, 4.69) is 33.9 Å². The Balaban J connectivity index is 1.91. The van der Waals surface area contributed by atoms with Gasteiger partial charge in [-0.2, -0.15) is 13.2 Å². The predicted molar refractivity (Wildman–Crippen MR) is 131 cm³/mol. The number of benzene rings is 1. The van der Waals surface area contributed by atoms with Gasteiger partial charge in [0.25, 0.3) is 0 Å². The fourth-order valence-corrected chi connectivity index (χ4v) is 5.32. The normalized spacial score (nSPS) is 23.6. The predicted octanol–water partition coefficient (Wildman–Crippen LogP) is 6.07. The Morgan fingerprint density at radius 3 is 2.11 bits per heavy atom. The van der Waals surface area contributed by atoms with Crippen LogP contribution in [0, 0.1) is 5.92 Å². The molecule has 0 N–H and O–H groups in total. The Morgan fingerprint density at radius 1 is 1.06 bits per heavy atom. The second-order valence-electron chi connectivity index (χ2n) is 12.0. The molecule has 3 atom stereocenters. The molecule has 6 nitrogen and oxygen atoms in total. The molecule has 3 rings (SSSR count). The van der Waals surface area contributed by atoms with E-state index >= 15 is 0 Å². The van der Waals surface area contributed by atoms with Gasteiger partial charge in [-0.3, -0.25) is 9.69 Å². The number of piperidine rings is 1. The molecular weight excluding hydrogens is 477 g/mol. The number of hydrogen-bond acceptors (Lipinski definition) is 4. The number of amides is 2. The summed E-state index contributed by atoms with van der Waals surface area (Å²) in [5.74, 6) is -0.404. The second kappa shape index (κ2) is 9.10. The summed E-state index contributed by atoms with van der Waals surface area (Å²) in [6, 6.07) is 3.45. The molecule has 2 aliphatic rings. The lowest BCUT2D eigenvalue weighted by Crippen LogP contribution is -2.52. The summed E-state index contributed by atoms with van der Waals surface area (Å²) in [6.07, 6.45) is -4.55. The molecule has 2 bridgehead atoms. The number of rotatable bonds is 4. The Hall–Kier alpha value is -2.07. The van der Waals surface area contributed by atoms with Crippen LogP contribution in [0.5, 0.6) is 0 Å². The Kier molecular flexibility index (Phi) is 7.15. The molecule has 0 saturated carbocycles. The van der Waals surface area contributed by atoms with Gasteiger partial charge in [0.2, 0.25) is 5.91 Å². The van der Waals surface area contributed by atoms with E-state index in [-0.39, 0.29) is 29.5 Å². The first-order chi connectivity index (χ1) is 15.8. The van der Waals surface area contributed by atoms with Crippen molar-refractivity contribution in [1.29, 1.82) is 0 Å². The molecule has 2 saturated heterocycles. The molecule has 1 aromatic rings. The van der Waals surface area contributed by atoms with Gasteiger partial charge < -0.3 is 14.1 Å². The molecule has 35 heavy (non-hydrogen) atoms. The number of fused-ring (bicyclic) bond motifs is 2. The molecule has 2 aliphatic heterocycles. The van der Waals surface area contributed by atoms with Crippen LogP contribution >= 0.6 is 0 Å². The second-order valence-corrected chi connectivity index (χ2v) is 16.8. The number of hydrogen-bond donors (Lipinski definition) is 0. The van der Waals surface area contributed by atoms with Gasteiger partial charge in [0, 0.05) is 18.2 Å². The zero-order valence-electron chi connectivity index (χ0n) is 21.8. The van der Waals surface area contributed by atoms with E-state index in [1.807, 2.05) is 0 Å². The maximum atomic E-state index is 13.5. The van der Waals surface area contributed by atoms with Gasteiger partial charge in [-0.25, -0.2) is 4.79 Å². The first kappa shape index (κ1) is 27.5. The summed E-state index contributed by atoms with van der Waals surface area (Å²) in [5, 5.41) is -0.0283. The molecule has 0 unspecified atom stereocenters. The van der Waals surface area contributed by atoms with Gasteiger partial charge in [0.05, 0.1) is 18.2 Å². The lowest BCUT2D eigenvalue weighted by atomic mass is 9.94. The van der Waals surface area contributed by atoms with Crippen molar-refractivity contribution in [1.82, 2.24) is 4.90 Å². The first-order valence-corrected chi connectivity index (χ1v) is 14.9. The van der Waals surface area contributed by atoms with Crippen molar-refractivity contribution in [3.63, 3.8) is 0 Å². The maximum absolute atomic E-state index is 13.5. The number of halogens is 3. The average molecular weight is 515 g/mol. The minimum atomic E-state index is -4.46. The minimum Gasteiger partial charge on any atom is -0.444 e. The van der Waals surface area contributed by atoms with E-state index < -0.39 is 37.8 Å². The lowest BCUT2D eigenvalue weighted by Gasteiger charge is -2.39. The van der Waals surface area contributed by atoms with Crippen molar-refractivity contribution in [2.24, 2.45) is 5.92 Å². The summed E-state index contributed by atoms with van der Waals surface area (Å²) in [5.41, 5.74) is -1.13. The highest BCUT2D eigenvalue weighted by Gasteiger charge is 2.54. The smallest absolute Gasteiger partial charge is 0.416 e. The lowest BCUT2D eigenvalue weighted by molar-refractivity contribution is -0.137. The highest BCUT2D eigenvalue weighted by molar-refractivity contribution is 6.74. The summed E-state index contributed by atoms with van der Waals surface area (Å²) in [7, 11) is -2.13. The van der Waals surface area contributed by atoms with Gasteiger partial charge in [-0.05, 0) is 69.6 Å². The van der Waals surface area contributed by atoms with Gasteiger partial charge in [-0.15, -0.1) is 0 Å². The molecule has 2 heterocycles. The summed E-state index contributed by atoms with van der Waals surface area (Å²) in [6.45, 7) is 16.5. The number of carbonyl (C=O) groups is 2. The molecule has 1 aromatic carbocycles. The summed E-state index contributed by atoms with van der Waals surface area (Å²) >= 11 is 0. The summed E-state index contributed by atoms with van der Waals surface area (Å²) in [4.78, 5) is 29.7. The number of nitrogens with zero attached hydrogens (tertiary/aromatic N) is 2. The number of anilines is 1. The van der Waals surface area contributed by atoms with Gasteiger partial charge in [0.1, 0.15) is 11.6 Å². The third-order valence-corrected chi connectivity index (χ3v) is 11.8. The monoisotopic (exact) mass is 514 g/mol. The van der Waals surface area contributed by atoms with Gasteiger partial charge >= 0.3 is 12.3 Å². The van der Waals surface area contributed by atoms with Crippen molar-refractivity contribution in [3.05, 3.63) is 29.8 Å². The van der Waals surface area contributed by atoms with Crippen LogP contribution in [0.4, 0.5) is 23.7 Å². The molecule has 0 spiro atoms. The van der Waals surface area contributed by atoms with Gasteiger partial charge in [-0.1, -0.05) is 20.8 Å². The van der Waals surface area contributed by atoms with E-state index in [0.29, 0.717) is 18.7 Å². The number of ether oxygens (including phenoxy) is 1. The first-order valence-electron chi connectivity index (χ1n) is 12.0. The molecule has 0 radical (unpaired) electrons. The van der Waals surface area contributed by atoms with E-state index in [9.17, 15) is 22.8 Å². The molecule has 2 amide bonds. The Morgan fingerprint density at radius 2 is 1.63 bits per heavy atom. The van der Waals surface area contributed by atoms with Crippen LogP contribution in [0.3, 0.4) is 0 Å². The van der Waals surface area contributed by atoms with Crippen molar-refractivity contribution in [2.75, 3.05) is 18.1 Å². The molecule has 0 aromatic heterocycles. The van der Waals surface area contributed by atoms with Crippen LogP contribution in [0.25, 0.3) is 0 Å². The highest BCUT2D eigenvalue weighted by Crippen LogP contribution is 2.42. The van der Waals surface area contributed by atoms with Gasteiger partial charge in [0.15, 0.2) is 8.32 Å². The maximum Gasteiger partial charge on any atom is 0.416 e. The minimum absolute atomic E-state index is 0.0283. The van der Waals surface area contributed by atoms with Crippen molar-refractivity contribution >= 4 is 26.0 Å². The van der Waals surface area contributed by atoms with Crippen LogP contribution in [0.1, 0.15) is 53.5 Å². The van der Waals surface area contributed by atoms with Crippen LogP contribution in [-0.2, 0) is 20.1 Å². The number of alkyl halides is 3. The summed E-state index contributed by atoms with van der Waals surface area (Å²) < 4.78 is 51.2. The topological polar surface area (TPSA) is 59.1 Å². The van der Waals surface area contributed by atoms with Crippen molar-refractivity contribution in [2.45, 2.75) is 90.0 Å². The number of likely N-dealkylation sites (tertiary alicyclic amines) is 1. The third kappa shape index (κ3) is 5.85. The molecule has 2 fully saturated rings. The van der Waals surface area contributed by atoms with Crippen LogP contribution in [0.2, 0.25) is 18.1 Å². The average Bonchev–Trinajstić information content (AvgIpc) is 3.00. The molecule has 196 valence electrons. The van der Waals surface area contributed by atoms with Crippen LogP contribution in [-0.4, -0.2) is 56.1 Å². The SMILES string of the molecule is CC(C)(C)OC(=O)N1[C@@H]2C[C@@H](CN(c3ccc(C(F)(F)F)cc3)C2=O)[C@@H]1CO[Si](C)(C)C(C)(C)C. The standard InChI is InChI=1S/C25H37F3N2O4Si/c1-23(2,3)34-22(32)30-19-13-16(20(30)15-33-35(7,8)24(4,5)6)14-29(21(19)31)18-11-9-17(10-12-18)25(26,27)28/h9-12,16,19-20H,13-15H2,1-8H3/t16-,19+,20-/m0/s1. The largest absolute Gasteiger partial charge is 0.444 e. The quantitative estimate of drug-likeness (QED) is 0.458. The van der Waals surface area contributed by atoms with Crippen LogP contribution < -0.4 is 4.90 Å². The van der Waals surface area contributed by atoms with E-state index in [4.69, 9.17) is 9.16 Å². The zero-order valence-corrected chi connectivity index (χ0v) is 22.8. The Bertz CT molecular complexity index is 951. The fraction of sp³-hybridized carbons (Fsp3) is 0.680. The molecule has 10 heteroatoms. The molecular formula is C25H37F3N2O4Si.